The SMILES string of the molecule is Nc1ncc(-c2cnc3ccccc3c2)c(N)n1. The third kappa shape index (κ3) is 1.71. The van der Waals surface area contributed by atoms with E-state index in [1.165, 1.54) is 0 Å². The summed E-state index contributed by atoms with van der Waals surface area (Å²) in [6.07, 6.45) is 3.37. The number of rotatable bonds is 1. The molecular formula is C13H11N5. The Kier molecular flexibility index (Phi) is 2.30. The molecule has 3 aromatic rings. The second-order valence-electron chi connectivity index (χ2n) is 3.94. The molecule has 0 spiro atoms. The molecule has 88 valence electrons. The minimum Gasteiger partial charge on any atom is -0.383 e. The van der Waals surface area contributed by atoms with Crippen molar-refractivity contribution >= 4 is 22.7 Å². The highest BCUT2D eigenvalue weighted by molar-refractivity contribution is 5.85. The van der Waals surface area contributed by atoms with Crippen LogP contribution >= 0.6 is 0 Å². The third-order valence-corrected chi connectivity index (χ3v) is 2.74. The number of anilines is 2. The van der Waals surface area contributed by atoms with Gasteiger partial charge < -0.3 is 11.5 Å². The van der Waals surface area contributed by atoms with Crippen molar-refractivity contribution in [2.24, 2.45) is 0 Å². The number of benzene rings is 1. The molecule has 0 saturated carbocycles. The summed E-state index contributed by atoms with van der Waals surface area (Å²) in [6, 6.07) is 9.89. The van der Waals surface area contributed by atoms with Gasteiger partial charge in [-0.15, -0.1) is 0 Å². The number of para-hydroxylation sites is 1. The van der Waals surface area contributed by atoms with E-state index >= 15 is 0 Å². The van der Waals surface area contributed by atoms with E-state index in [4.69, 9.17) is 11.5 Å². The molecule has 5 heteroatoms. The predicted octanol–water partition coefficient (Wildman–Crippen LogP) is 1.86. The lowest BCUT2D eigenvalue weighted by molar-refractivity contribution is 1.19. The van der Waals surface area contributed by atoms with Crippen LogP contribution in [0.25, 0.3) is 22.0 Å². The van der Waals surface area contributed by atoms with E-state index in [9.17, 15) is 0 Å². The van der Waals surface area contributed by atoms with E-state index in [1.54, 1.807) is 12.4 Å². The summed E-state index contributed by atoms with van der Waals surface area (Å²) in [5.74, 6) is 0.532. The van der Waals surface area contributed by atoms with E-state index < -0.39 is 0 Å². The van der Waals surface area contributed by atoms with Crippen LogP contribution in [0.4, 0.5) is 11.8 Å². The zero-order chi connectivity index (χ0) is 12.5. The quantitative estimate of drug-likeness (QED) is 0.674. The molecule has 3 rings (SSSR count). The second-order valence-corrected chi connectivity index (χ2v) is 3.94. The maximum atomic E-state index is 5.84. The zero-order valence-electron chi connectivity index (χ0n) is 9.54. The van der Waals surface area contributed by atoms with Crippen LogP contribution in [0.2, 0.25) is 0 Å². The van der Waals surface area contributed by atoms with Crippen molar-refractivity contribution in [3.05, 3.63) is 42.7 Å². The summed E-state index contributed by atoms with van der Waals surface area (Å²) in [7, 11) is 0. The van der Waals surface area contributed by atoms with Crippen LogP contribution in [-0.4, -0.2) is 15.0 Å². The number of nitrogens with zero attached hydrogens (tertiary/aromatic N) is 3. The van der Waals surface area contributed by atoms with Crippen LogP contribution in [0.1, 0.15) is 0 Å². The number of fused-ring (bicyclic) bond motifs is 1. The van der Waals surface area contributed by atoms with Gasteiger partial charge in [0.2, 0.25) is 5.95 Å². The van der Waals surface area contributed by atoms with Gasteiger partial charge in [-0.3, -0.25) is 4.98 Å². The summed E-state index contributed by atoms with van der Waals surface area (Å²) in [5.41, 5.74) is 13.9. The summed E-state index contributed by atoms with van der Waals surface area (Å²) < 4.78 is 0. The summed E-state index contributed by atoms with van der Waals surface area (Å²) in [6.45, 7) is 0. The van der Waals surface area contributed by atoms with Gasteiger partial charge in [0.1, 0.15) is 5.82 Å². The molecule has 0 amide bonds. The molecule has 0 unspecified atom stereocenters. The molecule has 0 bridgehead atoms. The Morgan fingerprint density at radius 2 is 1.78 bits per heavy atom. The number of pyridine rings is 1. The Morgan fingerprint density at radius 1 is 0.944 bits per heavy atom. The molecule has 0 radical (unpaired) electrons. The maximum Gasteiger partial charge on any atom is 0.221 e. The Morgan fingerprint density at radius 3 is 2.61 bits per heavy atom. The fraction of sp³-hybridized carbons (Fsp3) is 0. The lowest BCUT2D eigenvalue weighted by Gasteiger charge is -2.05. The fourth-order valence-corrected chi connectivity index (χ4v) is 1.85. The topological polar surface area (TPSA) is 90.7 Å². The third-order valence-electron chi connectivity index (χ3n) is 2.74. The first-order valence-electron chi connectivity index (χ1n) is 5.47. The van der Waals surface area contributed by atoms with Crippen LogP contribution in [-0.2, 0) is 0 Å². The van der Waals surface area contributed by atoms with Crippen molar-refractivity contribution in [2.75, 3.05) is 11.5 Å². The first-order valence-corrected chi connectivity index (χ1v) is 5.47. The van der Waals surface area contributed by atoms with Gasteiger partial charge in [-0.1, -0.05) is 18.2 Å². The van der Waals surface area contributed by atoms with Crippen molar-refractivity contribution in [2.45, 2.75) is 0 Å². The number of nitrogens with two attached hydrogens (primary N) is 2. The van der Waals surface area contributed by atoms with E-state index in [2.05, 4.69) is 15.0 Å². The average molecular weight is 237 g/mol. The fourth-order valence-electron chi connectivity index (χ4n) is 1.85. The largest absolute Gasteiger partial charge is 0.383 e. The van der Waals surface area contributed by atoms with Crippen LogP contribution in [0, 0.1) is 0 Å². The molecule has 5 nitrogen and oxygen atoms in total. The van der Waals surface area contributed by atoms with Crippen LogP contribution in [0.3, 0.4) is 0 Å². The molecule has 0 aliphatic carbocycles. The number of hydrogen-bond acceptors (Lipinski definition) is 5. The van der Waals surface area contributed by atoms with E-state index in [1.807, 2.05) is 30.3 Å². The summed E-state index contributed by atoms with van der Waals surface area (Å²) >= 11 is 0. The standard InChI is InChI=1S/C13H11N5/c14-12-10(7-17-13(15)18-12)9-5-8-3-1-2-4-11(8)16-6-9/h1-7H,(H4,14,15,17,18). The molecule has 18 heavy (non-hydrogen) atoms. The molecular weight excluding hydrogens is 226 g/mol. The van der Waals surface area contributed by atoms with E-state index in [0.29, 0.717) is 5.82 Å². The van der Waals surface area contributed by atoms with Gasteiger partial charge in [0.05, 0.1) is 5.52 Å². The van der Waals surface area contributed by atoms with Crippen molar-refractivity contribution in [3.63, 3.8) is 0 Å². The smallest absolute Gasteiger partial charge is 0.221 e. The lowest BCUT2D eigenvalue weighted by Crippen LogP contribution is -2.01. The molecule has 0 aliphatic rings. The van der Waals surface area contributed by atoms with Gasteiger partial charge in [0.15, 0.2) is 0 Å². The summed E-state index contributed by atoms with van der Waals surface area (Å²) in [5, 5.41) is 1.05. The molecule has 2 aromatic heterocycles. The first kappa shape index (κ1) is 10.5. The zero-order valence-corrected chi connectivity index (χ0v) is 9.54. The highest BCUT2D eigenvalue weighted by Crippen LogP contribution is 2.25. The highest BCUT2D eigenvalue weighted by atomic mass is 15.0. The molecule has 1 aromatic carbocycles. The molecule has 0 fully saturated rings. The highest BCUT2D eigenvalue weighted by Gasteiger charge is 2.06. The Hall–Kier alpha value is -2.69. The molecule has 2 heterocycles. The Balaban J connectivity index is 2.19. The molecule has 4 N–H and O–H groups in total. The number of hydrogen-bond donors (Lipinski definition) is 2. The normalized spacial score (nSPS) is 10.7. The monoisotopic (exact) mass is 237 g/mol. The van der Waals surface area contributed by atoms with Crippen LogP contribution < -0.4 is 11.5 Å². The van der Waals surface area contributed by atoms with Gasteiger partial charge in [-0.05, 0) is 12.1 Å². The van der Waals surface area contributed by atoms with Crippen molar-refractivity contribution in [1.29, 1.82) is 0 Å². The minimum absolute atomic E-state index is 0.171. The predicted molar refractivity (Wildman–Crippen MR) is 71.6 cm³/mol. The van der Waals surface area contributed by atoms with Crippen molar-refractivity contribution in [3.8, 4) is 11.1 Å². The van der Waals surface area contributed by atoms with E-state index in [-0.39, 0.29) is 5.95 Å². The molecule has 0 aliphatic heterocycles. The average Bonchev–Trinajstić information content (AvgIpc) is 2.38. The van der Waals surface area contributed by atoms with Gasteiger partial charge in [0, 0.05) is 28.9 Å². The van der Waals surface area contributed by atoms with Gasteiger partial charge in [-0.25, -0.2) is 4.98 Å². The molecule has 0 atom stereocenters. The van der Waals surface area contributed by atoms with Crippen molar-refractivity contribution in [1.82, 2.24) is 15.0 Å². The maximum absolute atomic E-state index is 5.84. The minimum atomic E-state index is 0.171. The summed E-state index contributed by atoms with van der Waals surface area (Å²) in [4.78, 5) is 12.3. The van der Waals surface area contributed by atoms with Crippen LogP contribution in [0.15, 0.2) is 42.7 Å². The Bertz CT molecular complexity index is 723. The number of nitrogen functional groups attached to an aromatic ring is 2. The van der Waals surface area contributed by atoms with Crippen LogP contribution in [0.5, 0.6) is 0 Å². The lowest BCUT2D eigenvalue weighted by atomic mass is 10.1. The van der Waals surface area contributed by atoms with Gasteiger partial charge in [-0.2, -0.15) is 4.98 Å². The van der Waals surface area contributed by atoms with E-state index in [0.717, 1.165) is 22.0 Å². The first-order chi connectivity index (χ1) is 8.74. The van der Waals surface area contributed by atoms with Crippen molar-refractivity contribution < 1.29 is 0 Å². The van der Waals surface area contributed by atoms with Gasteiger partial charge >= 0.3 is 0 Å². The molecule has 0 saturated heterocycles. The van der Waals surface area contributed by atoms with Gasteiger partial charge in [0.25, 0.3) is 0 Å². The second kappa shape index (κ2) is 3.96. The Labute approximate surface area is 104 Å². The number of aromatic nitrogens is 3.